The van der Waals surface area contributed by atoms with Gasteiger partial charge in [0.2, 0.25) is 5.91 Å². The number of nitrogens with one attached hydrogen (secondary N) is 2. The smallest absolute Gasteiger partial charge is 0.329 e. The summed E-state index contributed by atoms with van der Waals surface area (Å²) in [7, 11) is -3.78. The van der Waals surface area contributed by atoms with Crippen molar-refractivity contribution in [3.63, 3.8) is 0 Å². The van der Waals surface area contributed by atoms with E-state index in [0.29, 0.717) is 17.9 Å². The van der Waals surface area contributed by atoms with E-state index >= 15 is 0 Å². The van der Waals surface area contributed by atoms with E-state index in [4.69, 9.17) is 33.5 Å². The van der Waals surface area contributed by atoms with Gasteiger partial charge in [-0.25, -0.2) is 23.2 Å². The summed E-state index contributed by atoms with van der Waals surface area (Å²) in [4.78, 5) is 54.7. The van der Waals surface area contributed by atoms with Crippen LogP contribution in [0.2, 0.25) is 0 Å². The van der Waals surface area contributed by atoms with Crippen LogP contribution in [0.15, 0.2) is 65.8 Å². The zero-order chi connectivity index (χ0) is 47.9. The molecule has 0 saturated carbocycles. The van der Waals surface area contributed by atoms with Gasteiger partial charge in [0, 0.05) is 31.9 Å². The number of ether oxygens (including phenoxy) is 6. The fraction of sp³-hybridized carbons (Fsp3) is 0.583. The second-order valence-electron chi connectivity index (χ2n) is 16.7. The first-order valence-electron chi connectivity index (χ1n) is 22.9. The lowest BCUT2D eigenvalue weighted by molar-refractivity contribution is -0.155. The summed E-state index contributed by atoms with van der Waals surface area (Å²) < 4.78 is 58.3. The third-order valence-corrected chi connectivity index (χ3v) is 11.3. The molecule has 0 aliphatic heterocycles. The highest BCUT2D eigenvalue weighted by Crippen LogP contribution is 2.25. The quantitative estimate of drug-likeness (QED) is 0.0402. The number of carbonyl (C=O) groups is 4. The molecule has 0 fully saturated rings. The first-order chi connectivity index (χ1) is 31.7. The summed E-state index contributed by atoms with van der Waals surface area (Å²) in [6.07, 6.45) is 17.1. The Kier molecular flexibility index (Phi) is 26.7. The van der Waals surface area contributed by atoms with Gasteiger partial charge in [0.1, 0.15) is 41.9 Å². The number of amides is 2. The number of esters is 1. The molecule has 66 heavy (non-hydrogen) atoms. The highest BCUT2D eigenvalue weighted by atomic mass is 32.2. The van der Waals surface area contributed by atoms with Crippen LogP contribution in [0.4, 0.5) is 0 Å². The van der Waals surface area contributed by atoms with Crippen LogP contribution in [0.25, 0.3) is 0 Å². The molecule has 0 aliphatic rings. The lowest BCUT2D eigenvalue weighted by Gasteiger charge is -2.19. The molecular weight excluding hydrogens is 873 g/mol. The van der Waals surface area contributed by atoms with Crippen molar-refractivity contribution in [3.05, 3.63) is 77.9 Å². The Morgan fingerprint density at radius 2 is 1.12 bits per heavy atom. The third kappa shape index (κ3) is 26.2. The van der Waals surface area contributed by atoms with Crippen LogP contribution in [-0.4, -0.2) is 119 Å². The Hall–Kier alpha value is -5.01. The molecule has 1 heterocycles. The molecule has 17 nitrogen and oxygen atoms in total. The predicted octanol–water partition coefficient (Wildman–Crippen LogP) is 6.81. The first kappa shape index (κ1) is 55.3. The largest absolute Gasteiger partial charge is 0.480 e. The predicted molar refractivity (Wildman–Crippen MR) is 247 cm³/mol. The molecule has 3 rings (SSSR count). The standard InChI is InChI=1S/C48H70N4O13S/c1-48(2,3)65-46(56)16-14-12-10-8-6-4-5-7-9-11-13-15-38-17-19-40(20-18-38)64-41-21-23-42(24-22-41)66(58,59)37-43-51-33-39(34-52-43)47(57)50-26-28-61-29-31-62-35-44(53)49-25-27-60-30-32-63-36-45(54)55/h17-24,33-34H,4-16,25-32,35-37H2,1-3H3,(H,49,53)(H,50,57)(H,54,55). The maximum atomic E-state index is 13.1. The molecule has 0 saturated heterocycles. The maximum absolute atomic E-state index is 13.1. The monoisotopic (exact) mass is 942 g/mol. The molecule has 3 aromatic rings. The third-order valence-electron chi connectivity index (χ3n) is 9.70. The van der Waals surface area contributed by atoms with Crippen molar-refractivity contribution in [3.8, 4) is 11.5 Å². The summed E-state index contributed by atoms with van der Waals surface area (Å²) in [5.41, 5.74) is 1.00. The lowest BCUT2D eigenvalue weighted by atomic mass is 10.0. The van der Waals surface area contributed by atoms with E-state index in [1.54, 1.807) is 12.1 Å². The van der Waals surface area contributed by atoms with Gasteiger partial charge in [-0.3, -0.25) is 14.4 Å². The molecule has 2 aromatic carbocycles. The summed E-state index contributed by atoms with van der Waals surface area (Å²) in [6, 6.07) is 14.2. The molecule has 0 atom stereocenters. The fourth-order valence-electron chi connectivity index (χ4n) is 6.37. The van der Waals surface area contributed by atoms with Gasteiger partial charge in [-0.15, -0.1) is 0 Å². The minimum atomic E-state index is -3.78. The number of aromatic nitrogens is 2. The van der Waals surface area contributed by atoms with Crippen LogP contribution in [0.1, 0.15) is 120 Å². The van der Waals surface area contributed by atoms with Gasteiger partial charge in [-0.05, 0) is 82.0 Å². The number of rotatable bonds is 36. The zero-order valence-electron chi connectivity index (χ0n) is 38.9. The Balaban J connectivity index is 1.21. The SMILES string of the molecule is CC(C)(C)OC(=O)CCCCCCCCCCCCCc1ccc(Oc2ccc(S(=O)(=O)Cc3ncc(C(=O)NCCOCCOCC(=O)NCCOCCOCC(=O)O)cn3)cc2)cc1. The molecule has 0 bridgehead atoms. The zero-order valence-corrected chi connectivity index (χ0v) is 39.7. The van der Waals surface area contributed by atoms with E-state index in [0.717, 1.165) is 25.7 Å². The number of nitrogens with zero attached hydrogens (tertiary/aromatic N) is 2. The normalized spacial score (nSPS) is 11.6. The van der Waals surface area contributed by atoms with Crippen LogP contribution in [0.5, 0.6) is 11.5 Å². The fourth-order valence-corrected chi connectivity index (χ4v) is 7.58. The van der Waals surface area contributed by atoms with Crippen LogP contribution >= 0.6 is 0 Å². The van der Waals surface area contributed by atoms with Crippen molar-refractivity contribution in [1.82, 2.24) is 20.6 Å². The second-order valence-corrected chi connectivity index (χ2v) is 18.7. The van der Waals surface area contributed by atoms with Crippen LogP contribution < -0.4 is 15.4 Å². The molecule has 2 amide bonds. The number of benzene rings is 2. The summed E-state index contributed by atoms with van der Waals surface area (Å²) in [5.74, 6) is -1.17. The molecule has 0 radical (unpaired) electrons. The van der Waals surface area contributed by atoms with Crippen molar-refractivity contribution >= 4 is 33.6 Å². The summed E-state index contributed by atoms with van der Waals surface area (Å²) in [6.45, 7) is 6.75. The topological polar surface area (TPSA) is 228 Å². The average Bonchev–Trinajstić information content (AvgIpc) is 3.27. The number of hydrogen-bond acceptors (Lipinski definition) is 14. The molecule has 1 aromatic heterocycles. The highest BCUT2D eigenvalue weighted by Gasteiger charge is 2.19. The first-order valence-corrected chi connectivity index (χ1v) is 24.6. The second kappa shape index (κ2) is 31.8. The average molecular weight is 943 g/mol. The Bertz CT molecular complexity index is 1960. The van der Waals surface area contributed by atoms with Gasteiger partial charge in [-0.2, -0.15) is 0 Å². The van der Waals surface area contributed by atoms with Crippen molar-refractivity contribution in [1.29, 1.82) is 0 Å². The van der Waals surface area contributed by atoms with Crippen LogP contribution in [0.3, 0.4) is 0 Å². The van der Waals surface area contributed by atoms with E-state index in [2.05, 4.69) is 32.7 Å². The molecule has 0 aliphatic carbocycles. The number of unbranched alkanes of at least 4 members (excludes halogenated alkanes) is 10. The highest BCUT2D eigenvalue weighted by molar-refractivity contribution is 7.90. The molecule has 3 N–H and O–H groups in total. The van der Waals surface area contributed by atoms with Gasteiger partial charge < -0.3 is 44.2 Å². The van der Waals surface area contributed by atoms with Gasteiger partial charge in [0.25, 0.3) is 5.91 Å². The van der Waals surface area contributed by atoms with E-state index in [1.165, 1.54) is 81.5 Å². The maximum Gasteiger partial charge on any atom is 0.329 e. The van der Waals surface area contributed by atoms with Gasteiger partial charge in [0.15, 0.2) is 9.84 Å². The van der Waals surface area contributed by atoms with E-state index in [1.807, 2.05) is 32.9 Å². The number of hydrogen-bond donors (Lipinski definition) is 3. The number of sulfone groups is 1. The molecule has 0 spiro atoms. The Morgan fingerprint density at radius 3 is 1.68 bits per heavy atom. The lowest BCUT2D eigenvalue weighted by Crippen LogP contribution is -2.31. The Labute approximate surface area is 390 Å². The summed E-state index contributed by atoms with van der Waals surface area (Å²) in [5, 5.41) is 13.8. The minimum absolute atomic E-state index is 0.0464. The van der Waals surface area contributed by atoms with Gasteiger partial charge in [-0.1, -0.05) is 69.9 Å². The number of aliphatic carboxylic acids is 1. The molecule has 366 valence electrons. The van der Waals surface area contributed by atoms with Crippen molar-refractivity contribution in [2.75, 3.05) is 65.9 Å². The number of carbonyl (C=O) groups excluding carboxylic acids is 3. The summed E-state index contributed by atoms with van der Waals surface area (Å²) >= 11 is 0. The van der Waals surface area contributed by atoms with Gasteiger partial charge >= 0.3 is 11.9 Å². The van der Waals surface area contributed by atoms with E-state index in [-0.39, 0.29) is 94.1 Å². The van der Waals surface area contributed by atoms with Crippen molar-refractivity contribution in [2.45, 2.75) is 120 Å². The van der Waals surface area contributed by atoms with Crippen LogP contribution in [-0.2, 0) is 60.1 Å². The number of aryl methyl sites for hydroxylation is 1. The van der Waals surface area contributed by atoms with E-state index in [9.17, 15) is 27.6 Å². The van der Waals surface area contributed by atoms with E-state index < -0.39 is 33.1 Å². The number of carboxylic acid groups (broad SMARTS) is 1. The van der Waals surface area contributed by atoms with Crippen molar-refractivity contribution < 1.29 is 61.1 Å². The number of carboxylic acids is 1. The van der Waals surface area contributed by atoms with Gasteiger partial charge in [0.05, 0.1) is 50.1 Å². The van der Waals surface area contributed by atoms with Crippen molar-refractivity contribution in [2.24, 2.45) is 0 Å². The van der Waals surface area contributed by atoms with Crippen LogP contribution in [0, 0.1) is 0 Å². The molecular formula is C48H70N4O13S. The minimum Gasteiger partial charge on any atom is -0.480 e. The Morgan fingerprint density at radius 1 is 0.621 bits per heavy atom. The molecule has 18 heteroatoms. The molecule has 0 unspecified atom stereocenters.